The van der Waals surface area contributed by atoms with Crippen LogP contribution in [-0.2, 0) is 13.5 Å². The Morgan fingerprint density at radius 3 is 2.74 bits per heavy atom. The molecule has 0 saturated heterocycles. The predicted molar refractivity (Wildman–Crippen MR) is 80.0 cm³/mol. The Labute approximate surface area is 122 Å². The van der Waals surface area contributed by atoms with Crippen molar-refractivity contribution >= 4 is 15.9 Å². The fourth-order valence-electron chi connectivity index (χ4n) is 2.19. The lowest BCUT2D eigenvalue weighted by atomic mass is 10.1. The lowest BCUT2D eigenvalue weighted by molar-refractivity contribution is 0.517. The van der Waals surface area contributed by atoms with Crippen LogP contribution in [0.2, 0.25) is 0 Å². The number of likely N-dealkylation sites (N-methyl/N-ethyl adjacent to an activating group) is 1. The Balaban J connectivity index is 2.20. The summed E-state index contributed by atoms with van der Waals surface area (Å²) < 4.78 is 2.95. The van der Waals surface area contributed by atoms with Gasteiger partial charge in [-0.3, -0.25) is 9.67 Å². The molecule has 4 nitrogen and oxygen atoms in total. The zero-order valence-corrected chi connectivity index (χ0v) is 13.1. The van der Waals surface area contributed by atoms with E-state index in [4.69, 9.17) is 0 Å². The number of hydrogen-bond acceptors (Lipinski definition) is 3. The minimum absolute atomic E-state index is 0.216. The second kappa shape index (κ2) is 6.30. The Kier molecular flexibility index (Phi) is 4.71. The monoisotopic (exact) mass is 322 g/mol. The van der Waals surface area contributed by atoms with E-state index in [0.717, 1.165) is 28.8 Å². The molecule has 2 heterocycles. The summed E-state index contributed by atoms with van der Waals surface area (Å²) >= 11 is 3.42. The maximum Gasteiger partial charge on any atom is 0.0596 e. The lowest BCUT2D eigenvalue weighted by Gasteiger charge is -2.17. The van der Waals surface area contributed by atoms with Crippen LogP contribution in [0.3, 0.4) is 0 Å². The highest BCUT2D eigenvalue weighted by atomic mass is 79.9. The minimum atomic E-state index is 0.216. The van der Waals surface area contributed by atoms with Crippen molar-refractivity contribution in [3.63, 3.8) is 0 Å². The summed E-state index contributed by atoms with van der Waals surface area (Å²) in [5.74, 6) is 0. The normalized spacial score (nSPS) is 12.6. The highest BCUT2D eigenvalue weighted by Gasteiger charge is 2.15. The molecule has 0 aliphatic heterocycles. The molecule has 0 saturated carbocycles. The maximum atomic E-state index is 4.49. The molecule has 0 aliphatic carbocycles. The van der Waals surface area contributed by atoms with Gasteiger partial charge in [0.2, 0.25) is 0 Å². The van der Waals surface area contributed by atoms with E-state index < -0.39 is 0 Å². The van der Waals surface area contributed by atoms with Crippen LogP contribution in [0.15, 0.2) is 28.9 Å². The minimum Gasteiger partial charge on any atom is -0.309 e. The lowest BCUT2D eigenvalue weighted by Crippen LogP contribution is -2.24. The van der Waals surface area contributed by atoms with E-state index >= 15 is 0 Å². The van der Waals surface area contributed by atoms with Gasteiger partial charge in [-0.25, -0.2) is 0 Å². The fourth-order valence-corrected chi connectivity index (χ4v) is 2.42. The van der Waals surface area contributed by atoms with Gasteiger partial charge in [-0.05, 0) is 47.6 Å². The number of aromatic nitrogens is 3. The van der Waals surface area contributed by atoms with E-state index in [1.54, 1.807) is 0 Å². The molecule has 2 aromatic rings. The van der Waals surface area contributed by atoms with Gasteiger partial charge in [-0.2, -0.15) is 5.10 Å². The van der Waals surface area contributed by atoms with Crippen LogP contribution in [0.4, 0.5) is 0 Å². The molecule has 102 valence electrons. The number of nitrogens with one attached hydrogen (secondary N) is 1. The van der Waals surface area contributed by atoms with Gasteiger partial charge in [-0.15, -0.1) is 0 Å². The van der Waals surface area contributed by atoms with E-state index in [9.17, 15) is 0 Å². The van der Waals surface area contributed by atoms with Gasteiger partial charge in [0.25, 0.3) is 0 Å². The Morgan fingerprint density at radius 1 is 1.42 bits per heavy atom. The quantitative estimate of drug-likeness (QED) is 0.920. The van der Waals surface area contributed by atoms with E-state index in [1.807, 2.05) is 30.9 Å². The highest BCUT2D eigenvalue weighted by Crippen LogP contribution is 2.18. The summed E-state index contributed by atoms with van der Waals surface area (Å²) in [5, 5.41) is 7.88. The van der Waals surface area contributed by atoms with Gasteiger partial charge in [0.05, 0.1) is 17.4 Å². The second-order valence-electron chi connectivity index (χ2n) is 4.62. The first-order valence-electron chi connectivity index (χ1n) is 6.44. The highest BCUT2D eigenvalue weighted by molar-refractivity contribution is 9.10. The number of aryl methyl sites for hydroxylation is 2. The first-order chi connectivity index (χ1) is 9.10. The summed E-state index contributed by atoms with van der Waals surface area (Å²) in [5.41, 5.74) is 3.33. The fraction of sp³-hybridized carbons (Fsp3) is 0.429. The maximum absolute atomic E-state index is 4.49. The zero-order valence-electron chi connectivity index (χ0n) is 11.5. The molecule has 0 amide bonds. The molecule has 0 aromatic carbocycles. The molecule has 5 heteroatoms. The summed E-state index contributed by atoms with van der Waals surface area (Å²) in [6, 6.07) is 6.43. The first-order valence-corrected chi connectivity index (χ1v) is 7.23. The van der Waals surface area contributed by atoms with E-state index in [-0.39, 0.29) is 6.04 Å². The van der Waals surface area contributed by atoms with Crippen molar-refractivity contribution in [2.24, 2.45) is 7.05 Å². The van der Waals surface area contributed by atoms with Gasteiger partial charge < -0.3 is 5.32 Å². The van der Waals surface area contributed by atoms with Crippen LogP contribution in [0.1, 0.15) is 30.0 Å². The smallest absolute Gasteiger partial charge is 0.0596 e. The average molecular weight is 323 g/mol. The predicted octanol–water partition coefficient (Wildman–Crippen LogP) is 2.78. The molecule has 0 aliphatic rings. The SMILES string of the molecule is CCNC(Cc1cc(C)nn1C)c1ccc(Br)cn1. The topological polar surface area (TPSA) is 42.7 Å². The molecule has 1 atom stereocenters. The standard InChI is InChI=1S/C14H19BrN4/c1-4-16-14(13-6-5-11(15)9-17-13)8-12-7-10(2)18-19(12)3/h5-7,9,14,16H,4,8H2,1-3H3. The summed E-state index contributed by atoms with van der Waals surface area (Å²) in [6.07, 6.45) is 2.73. The van der Waals surface area contributed by atoms with Gasteiger partial charge in [0.1, 0.15) is 0 Å². The average Bonchev–Trinajstić information content (AvgIpc) is 2.68. The molecule has 0 bridgehead atoms. The van der Waals surface area contributed by atoms with Crippen LogP contribution >= 0.6 is 15.9 Å². The molecule has 2 aromatic heterocycles. The van der Waals surface area contributed by atoms with Crippen molar-refractivity contribution in [2.75, 3.05) is 6.54 Å². The largest absolute Gasteiger partial charge is 0.309 e. The second-order valence-corrected chi connectivity index (χ2v) is 5.53. The van der Waals surface area contributed by atoms with E-state index in [0.29, 0.717) is 0 Å². The molecule has 1 unspecified atom stereocenters. The van der Waals surface area contributed by atoms with Crippen molar-refractivity contribution in [3.8, 4) is 0 Å². The third kappa shape index (κ3) is 3.64. The Morgan fingerprint density at radius 2 is 2.21 bits per heavy atom. The van der Waals surface area contributed by atoms with Crippen LogP contribution in [0.25, 0.3) is 0 Å². The van der Waals surface area contributed by atoms with Gasteiger partial charge >= 0.3 is 0 Å². The molecular formula is C14H19BrN4. The van der Waals surface area contributed by atoms with Crippen molar-refractivity contribution in [2.45, 2.75) is 26.3 Å². The van der Waals surface area contributed by atoms with Crippen LogP contribution < -0.4 is 5.32 Å². The summed E-state index contributed by atoms with van der Waals surface area (Å²) in [4.78, 5) is 4.49. The molecule has 0 radical (unpaired) electrons. The summed E-state index contributed by atoms with van der Waals surface area (Å²) in [7, 11) is 1.99. The molecule has 19 heavy (non-hydrogen) atoms. The molecule has 1 N–H and O–H groups in total. The Bertz CT molecular complexity index is 533. The first kappa shape index (κ1) is 14.2. The zero-order chi connectivity index (χ0) is 13.8. The number of pyridine rings is 1. The number of rotatable bonds is 5. The molecule has 2 rings (SSSR count). The van der Waals surface area contributed by atoms with Crippen molar-refractivity contribution < 1.29 is 0 Å². The van der Waals surface area contributed by atoms with E-state index in [2.05, 4.69) is 50.4 Å². The number of nitrogens with zero attached hydrogens (tertiary/aromatic N) is 3. The molecule has 0 fully saturated rings. The number of hydrogen-bond donors (Lipinski definition) is 1. The van der Waals surface area contributed by atoms with Crippen LogP contribution in [0.5, 0.6) is 0 Å². The molecule has 0 spiro atoms. The van der Waals surface area contributed by atoms with Crippen molar-refractivity contribution in [1.82, 2.24) is 20.1 Å². The third-order valence-electron chi connectivity index (χ3n) is 3.07. The van der Waals surface area contributed by atoms with Gasteiger partial charge in [0, 0.05) is 29.8 Å². The van der Waals surface area contributed by atoms with Crippen LogP contribution in [0, 0.1) is 6.92 Å². The van der Waals surface area contributed by atoms with E-state index in [1.165, 1.54) is 5.69 Å². The van der Waals surface area contributed by atoms with Crippen LogP contribution in [-0.4, -0.2) is 21.3 Å². The third-order valence-corrected chi connectivity index (χ3v) is 3.54. The number of halogens is 1. The Hall–Kier alpha value is -1.20. The van der Waals surface area contributed by atoms with Crippen molar-refractivity contribution in [1.29, 1.82) is 0 Å². The van der Waals surface area contributed by atoms with Gasteiger partial charge in [-0.1, -0.05) is 6.92 Å². The molecular weight excluding hydrogens is 304 g/mol. The van der Waals surface area contributed by atoms with Crippen molar-refractivity contribution in [3.05, 3.63) is 46.0 Å². The summed E-state index contributed by atoms with van der Waals surface area (Å²) in [6.45, 7) is 5.04. The van der Waals surface area contributed by atoms with Gasteiger partial charge in [0.15, 0.2) is 0 Å².